The molecule has 136 valence electrons. The molecule has 3 atom stereocenters. The highest BCUT2D eigenvalue weighted by atomic mass is 19.1. The molecule has 0 spiro atoms. The minimum atomic E-state index is -0.851. The van der Waals surface area contributed by atoms with Gasteiger partial charge in [-0.3, -0.25) is 14.4 Å². The summed E-state index contributed by atoms with van der Waals surface area (Å²) < 4.78 is 15.7. The zero-order chi connectivity index (χ0) is 17.9. The van der Waals surface area contributed by atoms with E-state index in [1.54, 1.807) is 22.8 Å². The van der Waals surface area contributed by atoms with Gasteiger partial charge >= 0.3 is 0 Å². The number of hydrogen-bond acceptors (Lipinski definition) is 4. The van der Waals surface area contributed by atoms with Crippen molar-refractivity contribution in [3.05, 3.63) is 18.0 Å². The second-order valence-electron chi connectivity index (χ2n) is 7.32. The molecule has 0 aliphatic carbocycles. The molecule has 1 aliphatic heterocycles. The van der Waals surface area contributed by atoms with Gasteiger partial charge in [-0.25, -0.2) is 4.39 Å². The van der Waals surface area contributed by atoms with Gasteiger partial charge in [-0.05, 0) is 24.8 Å². The van der Waals surface area contributed by atoms with Gasteiger partial charge in [0.25, 0.3) is 0 Å². The van der Waals surface area contributed by atoms with Crippen LogP contribution in [0.1, 0.15) is 32.4 Å². The van der Waals surface area contributed by atoms with E-state index in [2.05, 4.69) is 10.00 Å². The summed E-state index contributed by atoms with van der Waals surface area (Å²) in [6.07, 6.45) is 2.01. The van der Waals surface area contributed by atoms with Gasteiger partial charge in [0, 0.05) is 46.0 Å². The maximum Gasteiger partial charge on any atom is 0.239 e. The number of likely N-dealkylation sites (tertiary alicyclic amines) is 1. The summed E-state index contributed by atoms with van der Waals surface area (Å²) >= 11 is 0. The molecule has 1 aliphatic rings. The Balaban J connectivity index is 1.95. The fraction of sp³-hybridized carbons (Fsp3) is 0.765. The number of aromatic nitrogens is 2. The van der Waals surface area contributed by atoms with Gasteiger partial charge in [0.05, 0.1) is 11.7 Å². The molecular formula is C17H30FN5O. The van der Waals surface area contributed by atoms with Crippen molar-refractivity contribution in [3.63, 3.8) is 0 Å². The summed E-state index contributed by atoms with van der Waals surface area (Å²) in [6, 6.07) is 1.47. The maximum absolute atomic E-state index is 13.9. The SMILES string of the molecule is CC(C)C[C@H](N)C(=O)N(C)C[C@@H]1C[C@H](F)CN1Cc1ccnn1C. The molecule has 0 aromatic carbocycles. The second-order valence-corrected chi connectivity index (χ2v) is 7.32. The lowest BCUT2D eigenvalue weighted by molar-refractivity contribution is -0.132. The molecule has 0 bridgehead atoms. The average Bonchev–Trinajstić information content (AvgIpc) is 3.04. The third-order valence-electron chi connectivity index (χ3n) is 4.67. The first-order valence-electron chi connectivity index (χ1n) is 8.63. The van der Waals surface area contributed by atoms with Crippen LogP contribution in [0.15, 0.2) is 12.3 Å². The highest BCUT2D eigenvalue weighted by Gasteiger charge is 2.34. The molecular weight excluding hydrogens is 309 g/mol. The van der Waals surface area contributed by atoms with Crippen LogP contribution in [0.4, 0.5) is 4.39 Å². The van der Waals surface area contributed by atoms with E-state index >= 15 is 0 Å². The van der Waals surface area contributed by atoms with Crippen LogP contribution in [-0.2, 0) is 18.4 Å². The number of hydrogen-bond donors (Lipinski definition) is 1. The maximum atomic E-state index is 13.9. The van der Waals surface area contributed by atoms with Crippen LogP contribution < -0.4 is 5.73 Å². The zero-order valence-corrected chi connectivity index (χ0v) is 15.2. The number of rotatable bonds is 7. The minimum absolute atomic E-state index is 0.00935. The van der Waals surface area contributed by atoms with Crippen LogP contribution in [0.5, 0.6) is 0 Å². The molecule has 0 radical (unpaired) electrons. The first-order chi connectivity index (χ1) is 11.3. The van der Waals surface area contributed by atoms with Crippen molar-refractivity contribution in [2.24, 2.45) is 18.7 Å². The molecule has 7 heteroatoms. The van der Waals surface area contributed by atoms with Crippen LogP contribution >= 0.6 is 0 Å². The quantitative estimate of drug-likeness (QED) is 0.810. The monoisotopic (exact) mass is 339 g/mol. The van der Waals surface area contributed by atoms with E-state index in [0.717, 1.165) is 5.69 Å². The zero-order valence-electron chi connectivity index (χ0n) is 15.2. The Kier molecular flexibility index (Phi) is 6.34. The van der Waals surface area contributed by atoms with Crippen molar-refractivity contribution in [3.8, 4) is 0 Å². The second kappa shape index (κ2) is 8.07. The Hall–Kier alpha value is -1.47. The van der Waals surface area contributed by atoms with Gasteiger partial charge in [0.15, 0.2) is 0 Å². The Morgan fingerprint density at radius 2 is 2.25 bits per heavy atom. The molecule has 24 heavy (non-hydrogen) atoms. The summed E-state index contributed by atoms with van der Waals surface area (Å²) in [7, 11) is 3.64. The number of aryl methyl sites for hydroxylation is 1. The topological polar surface area (TPSA) is 67.4 Å². The summed E-state index contributed by atoms with van der Waals surface area (Å²) in [4.78, 5) is 16.2. The number of nitrogens with zero attached hydrogens (tertiary/aromatic N) is 4. The van der Waals surface area contributed by atoms with Crippen LogP contribution in [0.25, 0.3) is 0 Å². The minimum Gasteiger partial charge on any atom is -0.343 e. The number of carbonyl (C=O) groups is 1. The van der Waals surface area contributed by atoms with E-state index in [0.29, 0.717) is 38.4 Å². The first-order valence-corrected chi connectivity index (χ1v) is 8.63. The summed E-state index contributed by atoms with van der Waals surface area (Å²) in [5, 5.41) is 4.16. The molecule has 1 aromatic rings. The molecule has 1 fully saturated rings. The van der Waals surface area contributed by atoms with Gasteiger partial charge in [0.1, 0.15) is 6.17 Å². The van der Waals surface area contributed by atoms with Crippen molar-refractivity contribution in [2.45, 2.75) is 51.5 Å². The van der Waals surface area contributed by atoms with E-state index in [4.69, 9.17) is 5.73 Å². The number of amides is 1. The van der Waals surface area contributed by atoms with Crippen LogP contribution in [-0.4, -0.2) is 63.9 Å². The van der Waals surface area contributed by atoms with Gasteiger partial charge < -0.3 is 10.6 Å². The third kappa shape index (κ3) is 4.77. The molecule has 0 unspecified atom stereocenters. The van der Waals surface area contributed by atoms with Gasteiger partial charge in [0.2, 0.25) is 5.91 Å². The fourth-order valence-electron chi connectivity index (χ4n) is 3.37. The number of alkyl halides is 1. The number of likely N-dealkylation sites (N-methyl/N-ethyl adjacent to an activating group) is 1. The Morgan fingerprint density at radius 3 is 2.83 bits per heavy atom. The van der Waals surface area contributed by atoms with E-state index < -0.39 is 12.2 Å². The summed E-state index contributed by atoms with van der Waals surface area (Å²) in [5.74, 6) is 0.312. The van der Waals surface area contributed by atoms with Crippen molar-refractivity contribution >= 4 is 5.91 Å². The van der Waals surface area contributed by atoms with E-state index in [9.17, 15) is 9.18 Å². The van der Waals surface area contributed by atoms with Gasteiger partial charge in [-0.1, -0.05) is 13.8 Å². The lowest BCUT2D eigenvalue weighted by Crippen LogP contribution is -2.47. The van der Waals surface area contributed by atoms with Crippen LogP contribution in [0.2, 0.25) is 0 Å². The Morgan fingerprint density at radius 1 is 1.54 bits per heavy atom. The normalized spacial score (nSPS) is 23.0. The lowest BCUT2D eigenvalue weighted by atomic mass is 10.0. The standard InChI is InChI=1S/C17H30FN5O/c1-12(2)7-16(19)17(24)21(3)10-15-8-13(18)9-23(15)11-14-5-6-20-22(14)4/h5-6,12-13,15-16H,7-11,19H2,1-4H3/t13-,15-,16-/m0/s1. The van der Waals surface area contributed by atoms with Crippen molar-refractivity contribution in [1.82, 2.24) is 19.6 Å². The van der Waals surface area contributed by atoms with Crippen LogP contribution in [0, 0.1) is 5.92 Å². The summed E-state index contributed by atoms with van der Waals surface area (Å²) in [5.41, 5.74) is 7.04. The van der Waals surface area contributed by atoms with Crippen molar-refractivity contribution < 1.29 is 9.18 Å². The van der Waals surface area contributed by atoms with Gasteiger partial charge in [-0.15, -0.1) is 0 Å². The molecule has 2 rings (SSSR count). The van der Waals surface area contributed by atoms with Crippen LogP contribution in [0.3, 0.4) is 0 Å². The molecule has 2 heterocycles. The number of carbonyl (C=O) groups excluding carboxylic acids is 1. The number of halogens is 1. The molecule has 1 saturated heterocycles. The largest absolute Gasteiger partial charge is 0.343 e. The Bertz CT molecular complexity index is 547. The third-order valence-corrected chi connectivity index (χ3v) is 4.67. The molecule has 1 amide bonds. The Labute approximate surface area is 143 Å². The number of nitrogens with two attached hydrogens (primary N) is 1. The fourth-order valence-corrected chi connectivity index (χ4v) is 3.37. The highest BCUT2D eigenvalue weighted by molar-refractivity contribution is 5.81. The highest BCUT2D eigenvalue weighted by Crippen LogP contribution is 2.23. The van der Waals surface area contributed by atoms with Crippen molar-refractivity contribution in [1.29, 1.82) is 0 Å². The van der Waals surface area contributed by atoms with Gasteiger partial charge in [-0.2, -0.15) is 5.10 Å². The van der Waals surface area contributed by atoms with E-state index in [-0.39, 0.29) is 11.9 Å². The predicted molar refractivity (Wildman–Crippen MR) is 92.0 cm³/mol. The first kappa shape index (κ1) is 18.9. The van der Waals surface area contributed by atoms with E-state index in [1.807, 2.05) is 27.0 Å². The molecule has 6 nitrogen and oxygen atoms in total. The van der Waals surface area contributed by atoms with E-state index in [1.165, 1.54) is 0 Å². The smallest absolute Gasteiger partial charge is 0.239 e. The summed E-state index contributed by atoms with van der Waals surface area (Å²) in [6.45, 7) is 5.64. The van der Waals surface area contributed by atoms with Crippen molar-refractivity contribution in [2.75, 3.05) is 20.1 Å². The lowest BCUT2D eigenvalue weighted by Gasteiger charge is -2.30. The molecule has 2 N–H and O–H groups in total. The molecule has 0 saturated carbocycles. The predicted octanol–water partition coefficient (Wildman–Crippen LogP) is 1.16. The molecule has 1 aromatic heterocycles. The average molecular weight is 339 g/mol.